The van der Waals surface area contributed by atoms with Gasteiger partial charge in [-0.25, -0.2) is 21.1 Å². The summed E-state index contributed by atoms with van der Waals surface area (Å²) in [6.45, 7) is 0.153. The van der Waals surface area contributed by atoms with E-state index in [1.807, 2.05) is 24.3 Å². The van der Waals surface area contributed by atoms with Crippen molar-refractivity contribution in [1.29, 1.82) is 0 Å². The molecule has 0 fully saturated rings. The largest absolute Gasteiger partial charge is 0.311 e. The minimum Gasteiger partial charge on any atom is -0.311 e. The van der Waals surface area contributed by atoms with Crippen LogP contribution < -0.4 is 9.21 Å². The van der Waals surface area contributed by atoms with Gasteiger partial charge in [0.05, 0.1) is 16.8 Å². The number of aryl methyl sites for hydroxylation is 1. The molecule has 0 aliphatic carbocycles. The van der Waals surface area contributed by atoms with E-state index in [4.69, 9.17) is 0 Å². The summed E-state index contributed by atoms with van der Waals surface area (Å²) in [6, 6.07) is 13.1. The molecule has 2 aromatic carbocycles. The van der Waals surface area contributed by atoms with Gasteiger partial charge in [0.25, 0.3) is 0 Å². The maximum Gasteiger partial charge on any atom is 0.247 e. The SMILES string of the molecule is CN(C)S(=O)(=O)c1ccc(N(CC(=O)N2CCCc3ccccc32)S(C)(=O)=O)cc1. The van der Waals surface area contributed by atoms with Crippen LogP contribution in [0.1, 0.15) is 12.0 Å². The number of carbonyl (C=O) groups excluding carboxylic acids is 1. The van der Waals surface area contributed by atoms with Crippen LogP contribution in [0.15, 0.2) is 53.4 Å². The number of fused-ring (bicyclic) bond motifs is 1. The molecule has 0 N–H and O–H groups in total. The highest BCUT2D eigenvalue weighted by molar-refractivity contribution is 7.92. The third-order valence-electron chi connectivity index (χ3n) is 4.99. The quantitative estimate of drug-likeness (QED) is 0.666. The molecule has 0 saturated carbocycles. The van der Waals surface area contributed by atoms with Crippen LogP contribution in [-0.4, -0.2) is 60.5 Å². The molecular formula is C20H25N3O5S2. The average molecular weight is 452 g/mol. The highest BCUT2D eigenvalue weighted by Gasteiger charge is 2.28. The number of amides is 1. The first-order chi connectivity index (χ1) is 14.0. The minimum absolute atomic E-state index is 0.0426. The third kappa shape index (κ3) is 4.50. The zero-order valence-corrected chi connectivity index (χ0v) is 18.8. The van der Waals surface area contributed by atoms with Crippen molar-refractivity contribution in [3.8, 4) is 0 Å². The van der Waals surface area contributed by atoms with Crippen molar-refractivity contribution in [1.82, 2.24) is 4.31 Å². The van der Waals surface area contributed by atoms with Gasteiger partial charge in [-0.1, -0.05) is 18.2 Å². The van der Waals surface area contributed by atoms with Gasteiger partial charge in [0.2, 0.25) is 26.0 Å². The van der Waals surface area contributed by atoms with Crippen LogP contribution in [-0.2, 0) is 31.3 Å². The molecule has 3 rings (SSSR count). The molecule has 10 heteroatoms. The molecule has 1 amide bonds. The molecule has 162 valence electrons. The van der Waals surface area contributed by atoms with E-state index in [-0.39, 0.29) is 23.0 Å². The second-order valence-corrected chi connectivity index (χ2v) is 11.4. The van der Waals surface area contributed by atoms with Gasteiger partial charge in [0.1, 0.15) is 6.54 Å². The lowest BCUT2D eigenvalue weighted by Gasteiger charge is -2.31. The van der Waals surface area contributed by atoms with E-state index < -0.39 is 20.0 Å². The Balaban J connectivity index is 1.89. The van der Waals surface area contributed by atoms with E-state index in [0.29, 0.717) is 6.54 Å². The maximum absolute atomic E-state index is 13.0. The van der Waals surface area contributed by atoms with Crippen molar-refractivity contribution in [3.05, 3.63) is 54.1 Å². The van der Waals surface area contributed by atoms with E-state index in [2.05, 4.69) is 0 Å². The second-order valence-electron chi connectivity index (χ2n) is 7.33. The van der Waals surface area contributed by atoms with Crippen LogP contribution >= 0.6 is 0 Å². The Kier molecular flexibility index (Phi) is 6.21. The number of anilines is 2. The summed E-state index contributed by atoms with van der Waals surface area (Å²) in [7, 11) is -4.57. The second kappa shape index (κ2) is 8.37. The summed E-state index contributed by atoms with van der Waals surface area (Å²) in [4.78, 5) is 14.7. The first-order valence-corrected chi connectivity index (χ1v) is 12.7. The number of nitrogens with zero attached hydrogens (tertiary/aromatic N) is 3. The van der Waals surface area contributed by atoms with Gasteiger partial charge in [-0.05, 0) is 48.7 Å². The van der Waals surface area contributed by atoms with Gasteiger partial charge >= 0.3 is 0 Å². The lowest BCUT2D eigenvalue weighted by molar-refractivity contribution is -0.117. The molecule has 0 saturated heterocycles. The summed E-state index contributed by atoms with van der Waals surface area (Å²) in [5, 5.41) is 0. The number of carbonyl (C=O) groups is 1. The van der Waals surface area contributed by atoms with Crippen LogP contribution in [0.2, 0.25) is 0 Å². The normalized spacial score (nSPS) is 14.5. The first kappa shape index (κ1) is 22.3. The van der Waals surface area contributed by atoms with Crippen molar-refractivity contribution in [2.45, 2.75) is 17.7 Å². The zero-order chi connectivity index (χ0) is 22.1. The Morgan fingerprint density at radius 3 is 2.23 bits per heavy atom. The fraction of sp³-hybridized carbons (Fsp3) is 0.350. The zero-order valence-electron chi connectivity index (χ0n) is 17.1. The van der Waals surface area contributed by atoms with Gasteiger partial charge in [-0.2, -0.15) is 0 Å². The Labute approximate surface area is 177 Å². The minimum atomic E-state index is -3.77. The van der Waals surface area contributed by atoms with E-state index in [1.54, 1.807) is 4.90 Å². The molecular weight excluding hydrogens is 426 g/mol. The molecule has 0 aromatic heterocycles. The average Bonchev–Trinajstić information content (AvgIpc) is 2.70. The standard InChI is InChI=1S/C20H25N3O5S2/c1-21(2)30(27,28)18-12-10-17(11-13-18)23(29(3,25)26)15-20(24)22-14-6-8-16-7-4-5-9-19(16)22/h4-5,7,9-13H,6,8,14-15H2,1-3H3. The number of para-hydroxylation sites is 1. The van der Waals surface area contributed by atoms with E-state index in [1.165, 1.54) is 38.4 Å². The van der Waals surface area contributed by atoms with Gasteiger partial charge < -0.3 is 4.90 Å². The molecule has 0 unspecified atom stereocenters. The van der Waals surface area contributed by atoms with Crippen LogP contribution in [0.25, 0.3) is 0 Å². The monoisotopic (exact) mass is 451 g/mol. The fourth-order valence-corrected chi connectivity index (χ4v) is 5.15. The molecule has 0 atom stereocenters. The Morgan fingerprint density at radius 2 is 1.63 bits per heavy atom. The van der Waals surface area contributed by atoms with E-state index in [0.717, 1.165) is 39.0 Å². The number of hydrogen-bond donors (Lipinski definition) is 0. The summed E-state index contributed by atoms with van der Waals surface area (Å²) < 4.78 is 51.4. The number of hydrogen-bond acceptors (Lipinski definition) is 5. The van der Waals surface area contributed by atoms with Crippen molar-refractivity contribution < 1.29 is 21.6 Å². The summed E-state index contributed by atoms with van der Waals surface area (Å²) >= 11 is 0. The van der Waals surface area contributed by atoms with Gasteiger partial charge in [0, 0.05) is 26.3 Å². The van der Waals surface area contributed by atoms with Crippen molar-refractivity contribution in [3.63, 3.8) is 0 Å². The Bertz CT molecular complexity index is 1140. The molecule has 0 spiro atoms. The summed E-state index contributed by atoms with van der Waals surface area (Å²) in [5.41, 5.74) is 2.09. The number of rotatable bonds is 6. The predicted molar refractivity (Wildman–Crippen MR) is 117 cm³/mol. The molecule has 2 aromatic rings. The summed E-state index contributed by atoms with van der Waals surface area (Å²) in [5.74, 6) is -0.336. The predicted octanol–water partition coefficient (Wildman–Crippen LogP) is 1.68. The van der Waals surface area contributed by atoms with Crippen molar-refractivity contribution in [2.75, 3.05) is 42.6 Å². The lowest BCUT2D eigenvalue weighted by atomic mass is 10.0. The van der Waals surface area contributed by atoms with Gasteiger partial charge in [-0.3, -0.25) is 9.10 Å². The number of benzene rings is 2. The van der Waals surface area contributed by atoms with Crippen LogP contribution in [0.3, 0.4) is 0 Å². The molecule has 8 nitrogen and oxygen atoms in total. The molecule has 1 aliphatic heterocycles. The highest BCUT2D eigenvalue weighted by atomic mass is 32.2. The molecule has 30 heavy (non-hydrogen) atoms. The lowest BCUT2D eigenvalue weighted by Crippen LogP contribution is -2.44. The van der Waals surface area contributed by atoms with Gasteiger partial charge in [0.15, 0.2) is 0 Å². The van der Waals surface area contributed by atoms with Crippen molar-refractivity contribution in [2.24, 2.45) is 0 Å². The first-order valence-electron chi connectivity index (χ1n) is 9.40. The topological polar surface area (TPSA) is 95.1 Å². The molecule has 1 aliphatic rings. The maximum atomic E-state index is 13.0. The van der Waals surface area contributed by atoms with E-state index in [9.17, 15) is 21.6 Å². The molecule has 1 heterocycles. The fourth-order valence-electron chi connectivity index (χ4n) is 3.40. The highest BCUT2D eigenvalue weighted by Crippen LogP contribution is 2.28. The smallest absolute Gasteiger partial charge is 0.247 e. The molecule has 0 radical (unpaired) electrons. The number of sulfonamides is 2. The van der Waals surface area contributed by atoms with Gasteiger partial charge in [-0.15, -0.1) is 0 Å². The summed E-state index contributed by atoms with van der Waals surface area (Å²) in [6.07, 6.45) is 2.70. The Hall–Kier alpha value is -2.43. The third-order valence-corrected chi connectivity index (χ3v) is 7.96. The van der Waals surface area contributed by atoms with Crippen LogP contribution in [0.4, 0.5) is 11.4 Å². The van der Waals surface area contributed by atoms with Crippen LogP contribution in [0.5, 0.6) is 0 Å². The van der Waals surface area contributed by atoms with Crippen molar-refractivity contribution >= 4 is 37.3 Å². The van der Waals surface area contributed by atoms with E-state index >= 15 is 0 Å². The molecule has 0 bridgehead atoms. The Morgan fingerprint density at radius 1 is 1.00 bits per heavy atom. The van der Waals surface area contributed by atoms with Crippen LogP contribution in [0, 0.1) is 0 Å².